The number of aromatic amines is 1. The van der Waals surface area contributed by atoms with Gasteiger partial charge >= 0.3 is 6.03 Å². The van der Waals surface area contributed by atoms with Crippen molar-refractivity contribution in [1.29, 1.82) is 0 Å². The van der Waals surface area contributed by atoms with Gasteiger partial charge in [0.2, 0.25) is 0 Å². The first-order valence-corrected chi connectivity index (χ1v) is 15.2. The fourth-order valence-electron chi connectivity index (χ4n) is 4.46. The number of nitrogens with two attached hydrogens (primary N) is 3. The normalized spacial score (nSPS) is 16.0. The Balaban J connectivity index is 0.000000329. The van der Waals surface area contributed by atoms with Crippen molar-refractivity contribution in [3.05, 3.63) is 52.2 Å². The number of rotatable bonds is 11. The molecule has 2 aromatic rings. The second-order valence-corrected chi connectivity index (χ2v) is 13.2. The number of carbonyl (C=O) groups excluding carboxylic acids is 1. The maximum Gasteiger partial charge on any atom is 0.315 e. The zero-order valence-corrected chi connectivity index (χ0v) is 27.2. The summed E-state index contributed by atoms with van der Waals surface area (Å²) in [4.78, 5) is 37.2. The van der Waals surface area contributed by atoms with Gasteiger partial charge in [-0.2, -0.15) is 0 Å². The van der Waals surface area contributed by atoms with Gasteiger partial charge < -0.3 is 38.1 Å². The van der Waals surface area contributed by atoms with Gasteiger partial charge in [-0.15, -0.1) is 0 Å². The number of carbonyl (C=O) groups is 1. The number of urea groups is 1. The fourth-order valence-corrected chi connectivity index (χ4v) is 4.46. The quantitative estimate of drug-likeness (QED) is 0.113. The highest BCUT2D eigenvalue weighted by Gasteiger charge is 2.26. The van der Waals surface area contributed by atoms with Gasteiger partial charge in [-0.1, -0.05) is 45.0 Å². The minimum atomic E-state index is -0.979. The van der Waals surface area contributed by atoms with Crippen LogP contribution in [0.2, 0.25) is 0 Å². The van der Waals surface area contributed by atoms with Gasteiger partial charge in [0.1, 0.15) is 12.0 Å². The van der Waals surface area contributed by atoms with E-state index < -0.39 is 6.17 Å². The Kier molecular flexibility index (Phi) is 14.2. The van der Waals surface area contributed by atoms with E-state index in [1.807, 2.05) is 70.7 Å². The molecular formula is C31H53FN10O2. The van der Waals surface area contributed by atoms with Crippen molar-refractivity contribution < 1.29 is 9.18 Å². The number of likely N-dealkylation sites (tertiary alicyclic amines) is 1. The lowest BCUT2D eigenvalue weighted by Crippen LogP contribution is -2.50. The number of nitrogens with one attached hydrogen (secondary N) is 4. The molecule has 0 radical (unpaired) electrons. The van der Waals surface area contributed by atoms with Crippen molar-refractivity contribution in [1.82, 2.24) is 30.8 Å². The van der Waals surface area contributed by atoms with Crippen LogP contribution in [0.1, 0.15) is 65.8 Å². The molecule has 0 spiro atoms. The van der Waals surface area contributed by atoms with Crippen molar-refractivity contribution in [3.63, 3.8) is 0 Å². The number of halogens is 1. The number of benzene rings is 1. The molecule has 0 unspecified atom stereocenters. The molecule has 12 nitrogen and oxygen atoms in total. The largest absolute Gasteiger partial charge is 0.370 e. The minimum absolute atomic E-state index is 0.0547. The van der Waals surface area contributed by atoms with Crippen LogP contribution in [-0.2, 0) is 12.0 Å². The fraction of sp³-hybridized carbons (Fsp3) is 0.613. The van der Waals surface area contributed by atoms with Gasteiger partial charge in [0.25, 0.3) is 5.56 Å². The molecule has 246 valence electrons. The molecule has 2 atom stereocenters. The summed E-state index contributed by atoms with van der Waals surface area (Å²) in [5.41, 5.74) is 17.8. The summed E-state index contributed by atoms with van der Waals surface area (Å²) >= 11 is 0. The van der Waals surface area contributed by atoms with Crippen LogP contribution in [0.5, 0.6) is 0 Å². The van der Waals surface area contributed by atoms with Crippen LogP contribution in [-0.4, -0.2) is 83.9 Å². The monoisotopic (exact) mass is 616 g/mol. The molecule has 1 aliphatic heterocycles. The van der Waals surface area contributed by atoms with E-state index >= 15 is 0 Å². The molecular weight excluding hydrogens is 563 g/mol. The summed E-state index contributed by atoms with van der Waals surface area (Å²) < 4.78 is 13.1. The summed E-state index contributed by atoms with van der Waals surface area (Å²) in [6.45, 7) is 16.0. The molecule has 2 heterocycles. The zero-order chi connectivity index (χ0) is 32.9. The van der Waals surface area contributed by atoms with Gasteiger partial charge in [0.15, 0.2) is 5.96 Å². The van der Waals surface area contributed by atoms with Gasteiger partial charge in [-0.25, -0.2) is 14.2 Å². The van der Waals surface area contributed by atoms with E-state index in [-0.39, 0.29) is 41.1 Å². The Morgan fingerprint density at radius 1 is 1.18 bits per heavy atom. The summed E-state index contributed by atoms with van der Waals surface area (Å²) in [5, 5.41) is 9.10. The number of hydrogen-bond acceptors (Lipinski definition) is 7. The molecule has 1 aromatic heterocycles. The molecule has 1 fully saturated rings. The maximum absolute atomic E-state index is 13.1. The summed E-state index contributed by atoms with van der Waals surface area (Å²) in [7, 11) is 0. The first-order valence-electron chi connectivity index (χ1n) is 15.2. The highest BCUT2D eigenvalue weighted by molar-refractivity contribution is 5.75. The number of amides is 2. The highest BCUT2D eigenvalue weighted by atomic mass is 19.1. The van der Waals surface area contributed by atoms with Gasteiger partial charge in [-0.05, 0) is 51.3 Å². The number of guanidine groups is 1. The average Bonchev–Trinajstić information content (AvgIpc) is 3.35. The Morgan fingerprint density at radius 3 is 2.43 bits per heavy atom. The van der Waals surface area contributed by atoms with Crippen LogP contribution in [0.3, 0.4) is 0 Å². The van der Waals surface area contributed by atoms with E-state index in [0.29, 0.717) is 31.0 Å². The first-order chi connectivity index (χ1) is 20.6. The van der Waals surface area contributed by atoms with Crippen molar-refractivity contribution in [2.45, 2.75) is 84.1 Å². The number of aliphatic imine (C=N–C) groups is 1. The van der Waals surface area contributed by atoms with Crippen LogP contribution < -0.4 is 38.7 Å². The lowest BCUT2D eigenvalue weighted by molar-refractivity contribution is 0.216. The van der Waals surface area contributed by atoms with Crippen LogP contribution >= 0.6 is 0 Å². The molecule has 13 heteroatoms. The predicted octanol–water partition coefficient (Wildman–Crippen LogP) is 1.94. The molecule has 44 heavy (non-hydrogen) atoms. The van der Waals surface area contributed by atoms with Gasteiger partial charge in [0.05, 0.1) is 5.56 Å². The molecule has 1 aliphatic rings. The second kappa shape index (κ2) is 17.1. The lowest BCUT2D eigenvalue weighted by atomic mass is 9.95. The van der Waals surface area contributed by atoms with E-state index in [4.69, 9.17) is 17.2 Å². The summed E-state index contributed by atoms with van der Waals surface area (Å²) in [6, 6.07) is 7.84. The molecule has 2 amide bonds. The smallest absolute Gasteiger partial charge is 0.315 e. The van der Waals surface area contributed by atoms with Crippen LogP contribution in [0, 0.1) is 0 Å². The van der Waals surface area contributed by atoms with E-state index in [1.165, 1.54) is 0 Å². The van der Waals surface area contributed by atoms with Crippen LogP contribution in [0.25, 0.3) is 11.1 Å². The first kappa shape index (κ1) is 36.6. The number of nitrogens with zero attached hydrogens (tertiary/aromatic N) is 3. The average molecular weight is 617 g/mol. The minimum Gasteiger partial charge on any atom is -0.370 e. The lowest BCUT2D eigenvalue weighted by Gasteiger charge is -2.23. The third-order valence-corrected chi connectivity index (χ3v) is 6.72. The third-order valence-electron chi connectivity index (χ3n) is 6.72. The van der Waals surface area contributed by atoms with Gasteiger partial charge in [0, 0.05) is 62.5 Å². The van der Waals surface area contributed by atoms with Gasteiger partial charge in [-0.3, -0.25) is 14.7 Å². The van der Waals surface area contributed by atoms with E-state index in [2.05, 4.69) is 30.9 Å². The molecule has 0 saturated carbocycles. The van der Waals surface area contributed by atoms with Crippen molar-refractivity contribution in [2.24, 2.45) is 22.2 Å². The van der Waals surface area contributed by atoms with Crippen molar-refractivity contribution >= 4 is 12.0 Å². The van der Waals surface area contributed by atoms with Crippen molar-refractivity contribution in [3.8, 4) is 11.1 Å². The standard InChI is InChI=1S/C19H28N6O.C12H25FN4O/c1-19(2,3)17-24-12-15(16(26)25-17)14-7-5-13(6-8-14)11-22-9-4-10-23-18(20)21;1-12(2,3)16-11(18)15-10-4-5-17(8-10)7-9(13)6-14/h5-8,12,22H,4,9-11H2,1-3H3,(H4,20,21,23)(H,24,25,26);9-10H,4-8,14H2,1-3H3,(H2,15,16,18)/t;9-,10+/m.0/s1. The molecule has 0 aliphatic carbocycles. The van der Waals surface area contributed by atoms with Crippen LogP contribution in [0.15, 0.2) is 40.2 Å². The Morgan fingerprint density at radius 2 is 1.86 bits per heavy atom. The Bertz CT molecular complexity index is 1250. The Hall–Kier alpha value is -3.55. The predicted molar refractivity (Wildman–Crippen MR) is 176 cm³/mol. The maximum atomic E-state index is 13.1. The second-order valence-electron chi connectivity index (χ2n) is 13.2. The number of hydrogen-bond donors (Lipinski definition) is 7. The topological polar surface area (TPSA) is 193 Å². The molecule has 10 N–H and O–H groups in total. The number of aromatic nitrogens is 2. The van der Waals surface area contributed by atoms with Crippen LogP contribution in [0.4, 0.5) is 9.18 Å². The third kappa shape index (κ3) is 13.8. The molecule has 1 aromatic carbocycles. The van der Waals surface area contributed by atoms with E-state index in [1.54, 1.807) is 6.20 Å². The molecule has 1 saturated heterocycles. The summed E-state index contributed by atoms with van der Waals surface area (Å²) in [6.07, 6.45) is 2.40. The molecule has 0 bridgehead atoms. The SMILES string of the molecule is CC(C)(C)NC(=O)N[C@@H]1CCN(C[C@@H](F)CN)C1.CC(C)(C)c1ncc(-c2ccc(CNCCCN=C(N)N)cc2)c(=O)[nH]1. The zero-order valence-electron chi connectivity index (χ0n) is 27.2. The summed E-state index contributed by atoms with van der Waals surface area (Å²) in [5.74, 6) is 0.813. The van der Waals surface area contributed by atoms with E-state index in [0.717, 1.165) is 43.6 Å². The van der Waals surface area contributed by atoms with Crippen molar-refractivity contribution in [2.75, 3.05) is 39.3 Å². The Labute approximate surface area is 260 Å². The number of H-pyrrole nitrogens is 1. The number of alkyl halides is 1. The van der Waals surface area contributed by atoms with E-state index in [9.17, 15) is 14.0 Å². The highest BCUT2D eigenvalue weighted by Crippen LogP contribution is 2.19. The molecule has 3 rings (SSSR count).